The minimum Gasteiger partial charge on any atom is -0.358 e. The summed E-state index contributed by atoms with van der Waals surface area (Å²) in [7, 11) is 0. The molecule has 1 aliphatic rings. The Bertz CT molecular complexity index is 444. The molecule has 1 unspecified atom stereocenters. The second-order valence-corrected chi connectivity index (χ2v) is 5.48. The third kappa shape index (κ3) is 2.83. The number of pyridine rings is 1. The number of nitrogens with one attached hydrogen (secondary N) is 1. The van der Waals surface area contributed by atoms with Crippen LogP contribution < -0.4 is 5.32 Å². The number of likely N-dealkylation sites (tertiary alicyclic amines) is 1. The summed E-state index contributed by atoms with van der Waals surface area (Å²) in [4.78, 5) is 18.3. The molecular weight excluding hydrogens is 294 g/mol. The molecule has 5 heteroatoms. The van der Waals surface area contributed by atoms with Gasteiger partial charge in [0.1, 0.15) is 11.9 Å². The summed E-state index contributed by atoms with van der Waals surface area (Å²) in [5.74, 6) is 0.887. The lowest BCUT2D eigenvalue weighted by atomic mass is 10.2. The molecule has 18 heavy (non-hydrogen) atoms. The summed E-state index contributed by atoms with van der Waals surface area (Å²) < 4.78 is 0.922. The Kier molecular flexibility index (Phi) is 4.22. The summed E-state index contributed by atoms with van der Waals surface area (Å²) in [6.45, 7) is 5.65. The molecule has 2 rings (SSSR count). The van der Waals surface area contributed by atoms with Crippen molar-refractivity contribution in [2.24, 2.45) is 0 Å². The lowest BCUT2D eigenvalue weighted by Gasteiger charge is -2.22. The highest BCUT2D eigenvalue weighted by Gasteiger charge is 2.23. The average Bonchev–Trinajstić information content (AvgIpc) is 2.87. The molecule has 4 nitrogen and oxygen atoms in total. The number of carbonyl (C=O) groups is 1. The number of amides is 1. The molecule has 0 radical (unpaired) electrons. The van der Waals surface area contributed by atoms with Gasteiger partial charge in [-0.25, -0.2) is 4.98 Å². The highest BCUT2D eigenvalue weighted by atomic mass is 79.9. The van der Waals surface area contributed by atoms with Gasteiger partial charge < -0.3 is 10.2 Å². The van der Waals surface area contributed by atoms with Crippen molar-refractivity contribution in [2.75, 3.05) is 18.4 Å². The molecule has 1 N–H and O–H groups in total. The Balaban J connectivity index is 2.04. The van der Waals surface area contributed by atoms with E-state index in [-0.39, 0.29) is 11.9 Å². The Morgan fingerprint density at radius 2 is 2.17 bits per heavy atom. The monoisotopic (exact) mass is 311 g/mol. The van der Waals surface area contributed by atoms with E-state index in [2.05, 4.69) is 26.2 Å². The summed E-state index contributed by atoms with van der Waals surface area (Å²) in [5, 5.41) is 3.18. The molecule has 0 spiro atoms. The maximum absolute atomic E-state index is 12.2. The van der Waals surface area contributed by atoms with Gasteiger partial charge in [0.15, 0.2) is 0 Å². The van der Waals surface area contributed by atoms with Crippen molar-refractivity contribution in [2.45, 2.75) is 32.7 Å². The molecule has 0 saturated carbocycles. The van der Waals surface area contributed by atoms with Gasteiger partial charge in [-0.3, -0.25) is 4.79 Å². The predicted octanol–water partition coefficient (Wildman–Crippen LogP) is 2.58. The normalized spacial score (nSPS) is 16.7. The maximum Gasteiger partial charge on any atom is 0.244 e. The van der Waals surface area contributed by atoms with E-state index in [4.69, 9.17) is 0 Å². The first kappa shape index (κ1) is 13.3. The second kappa shape index (κ2) is 5.69. The van der Waals surface area contributed by atoms with E-state index in [1.807, 2.05) is 24.8 Å². The first-order valence-electron chi connectivity index (χ1n) is 6.26. The number of anilines is 1. The van der Waals surface area contributed by atoms with Gasteiger partial charge in [-0.05, 0) is 54.2 Å². The summed E-state index contributed by atoms with van der Waals surface area (Å²) in [6, 6.07) is 1.69. The zero-order valence-electron chi connectivity index (χ0n) is 10.7. The highest BCUT2D eigenvalue weighted by Crippen LogP contribution is 2.24. The third-order valence-corrected chi connectivity index (χ3v) is 4.22. The van der Waals surface area contributed by atoms with Gasteiger partial charge in [0.25, 0.3) is 0 Å². The largest absolute Gasteiger partial charge is 0.358 e. The van der Waals surface area contributed by atoms with Gasteiger partial charge in [0.05, 0.1) is 4.47 Å². The lowest BCUT2D eigenvalue weighted by molar-refractivity contribution is -0.130. The van der Waals surface area contributed by atoms with E-state index in [1.54, 1.807) is 6.20 Å². The molecule has 1 fully saturated rings. The summed E-state index contributed by atoms with van der Waals surface area (Å²) in [5.41, 5.74) is 1.10. The molecule has 1 aliphatic heterocycles. The highest BCUT2D eigenvalue weighted by molar-refractivity contribution is 9.10. The van der Waals surface area contributed by atoms with Gasteiger partial charge in [-0.1, -0.05) is 0 Å². The van der Waals surface area contributed by atoms with Crippen LogP contribution in [0.3, 0.4) is 0 Å². The molecule has 1 aromatic rings. The van der Waals surface area contributed by atoms with Gasteiger partial charge >= 0.3 is 0 Å². The molecule has 1 saturated heterocycles. The number of hydrogen-bond acceptors (Lipinski definition) is 3. The van der Waals surface area contributed by atoms with Crippen molar-refractivity contribution in [3.8, 4) is 0 Å². The van der Waals surface area contributed by atoms with E-state index < -0.39 is 0 Å². The van der Waals surface area contributed by atoms with Crippen LogP contribution in [-0.2, 0) is 4.79 Å². The smallest absolute Gasteiger partial charge is 0.244 e. The number of hydrogen-bond donors (Lipinski definition) is 1. The van der Waals surface area contributed by atoms with Crippen molar-refractivity contribution in [1.82, 2.24) is 9.88 Å². The number of rotatable bonds is 3. The van der Waals surface area contributed by atoms with Crippen LogP contribution >= 0.6 is 15.9 Å². The van der Waals surface area contributed by atoms with Crippen LogP contribution in [-0.4, -0.2) is 34.9 Å². The number of aryl methyl sites for hydroxylation is 1. The third-order valence-electron chi connectivity index (χ3n) is 3.22. The van der Waals surface area contributed by atoms with Gasteiger partial charge in [-0.15, -0.1) is 0 Å². The van der Waals surface area contributed by atoms with Crippen molar-refractivity contribution in [1.29, 1.82) is 0 Å². The van der Waals surface area contributed by atoms with Crippen molar-refractivity contribution in [3.63, 3.8) is 0 Å². The second-order valence-electron chi connectivity index (χ2n) is 4.69. The van der Waals surface area contributed by atoms with Gasteiger partial charge in [-0.2, -0.15) is 0 Å². The topological polar surface area (TPSA) is 45.2 Å². The minimum atomic E-state index is -0.242. The number of nitrogens with zero attached hydrogens (tertiary/aromatic N) is 2. The summed E-state index contributed by atoms with van der Waals surface area (Å²) in [6.07, 6.45) is 3.98. The molecule has 0 aliphatic carbocycles. The van der Waals surface area contributed by atoms with E-state index in [0.717, 1.165) is 41.8 Å². The van der Waals surface area contributed by atoms with Crippen LogP contribution in [0.15, 0.2) is 16.7 Å². The van der Waals surface area contributed by atoms with E-state index in [0.29, 0.717) is 0 Å². The molecule has 1 aromatic heterocycles. The van der Waals surface area contributed by atoms with Crippen LogP contribution in [0, 0.1) is 6.92 Å². The zero-order valence-corrected chi connectivity index (χ0v) is 12.3. The Hall–Kier alpha value is -1.10. The Labute approximate surface area is 116 Å². The van der Waals surface area contributed by atoms with Crippen LogP contribution in [0.5, 0.6) is 0 Å². The van der Waals surface area contributed by atoms with Crippen molar-refractivity contribution < 1.29 is 4.79 Å². The van der Waals surface area contributed by atoms with Crippen LogP contribution in [0.1, 0.15) is 25.3 Å². The van der Waals surface area contributed by atoms with E-state index in [9.17, 15) is 4.79 Å². The van der Waals surface area contributed by atoms with Crippen molar-refractivity contribution in [3.05, 3.63) is 22.3 Å². The predicted molar refractivity (Wildman–Crippen MR) is 75.6 cm³/mol. The molecule has 1 atom stereocenters. The SMILES string of the molecule is Cc1ccnc(NC(C)C(=O)N2CCCC2)c1Br. The first-order chi connectivity index (χ1) is 8.59. The summed E-state index contributed by atoms with van der Waals surface area (Å²) >= 11 is 3.49. The fourth-order valence-electron chi connectivity index (χ4n) is 2.12. The number of carbonyl (C=O) groups excluding carboxylic acids is 1. The standard InChI is InChI=1S/C13H18BrN3O/c1-9-5-6-15-12(11(9)14)16-10(2)13(18)17-7-3-4-8-17/h5-6,10H,3-4,7-8H2,1-2H3,(H,15,16). The fraction of sp³-hybridized carbons (Fsp3) is 0.538. The first-order valence-corrected chi connectivity index (χ1v) is 7.05. The number of aromatic nitrogens is 1. The van der Waals surface area contributed by atoms with E-state index in [1.165, 1.54) is 0 Å². The molecule has 0 bridgehead atoms. The number of halogens is 1. The fourth-order valence-corrected chi connectivity index (χ4v) is 2.47. The van der Waals surface area contributed by atoms with Crippen LogP contribution in [0.2, 0.25) is 0 Å². The average molecular weight is 312 g/mol. The van der Waals surface area contributed by atoms with Gasteiger partial charge in [0, 0.05) is 19.3 Å². The van der Waals surface area contributed by atoms with Crippen molar-refractivity contribution >= 4 is 27.7 Å². The van der Waals surface area contributed by atoms with E-state index >= 15 is 0 Å². The Morgan fingerprint density at radius 1 is 1.50 bits per heavy atom. The molecule has 1 amide bonds. The van der Waals surface area contributed by atoms with Crippen LogP contribution in [0.25, 0.3) is 0 Å². The zero-order chi connectivity index (χ0) is 13.1. The maximum atomic E-state index is 12.2. The van der Waals surface area contributed by atoms with Gasteiger partial charge in [0.2, 0.25) is 5.91 Å². The minimum absolute atomic E-state index is 0.155. The molecule has 98 valence electrons. The molecule has 2 heterocycles. The quantitative estimate of drug-likeness (QED) is 0.933. The Morgan fingerprint density at radius 3 is 2.83 bits per heavy atom. The lowest BCUT2D eigenvalue weighted by Crippen LogP contribution is -2.39. The van der Waals surface area contributed by atoms with Crippen LogP contribution in [0.4, 0.5) is 5.82 Å². The molecular formula is C13H18BrN3O. The molecule has 0 aromatic carbocycles.